The zero-order valence-electron chi connectivity index (χ0n) is 19.7. The average Bonchev–Trinajstić information content (AvgIpc) is 3.27. The van der Waals surface area contributed by atoms with Crippen LogP contribution in [0.4, 0.5) is 11.4 Å². The molecule has 2 aromatic carbocycles. The second-order valence-corrected chi connectivity index (χ2v) is 10.2. The highest BCUT2D eigenvalue weighted by Crippen LogP contribution is 2.68. The van der Waals surface area contributed by atoms with Crippen molar-refractivity contribution in [3.63, 3.8) is 0 Å². The van der Waals surface area contributed by atoms with Crippen molar-refractivity contribution in [2.24, 2.45) is 47.3 Å². The van der Waals surface area contributed by atoms with Crippen molar-refractivity contribution in [3.8, 4) is 11.5 Å². The highest BCUT2D eigenvalue weighted by Gasteiger charge is 2.75. The van der Waals surface area contributed by atoms with Gasteiger partial charge in [0.05, 0.1) is 49.3 Å². The zero-order chi connectivity index (χ0) is 24.9. The number of para-hydroxylation sites is 4. The number of rotatable bonds is 4. The molecular weight excluding hydrogens is 460 g/mol. The molecule has 8 atom stereocenters. The minimum atomic E-state index is -0.539. The predicted molar refractivity (Wildman–Crippen MR) is 128 cm³/mol. The third kappa shape index (κ3) is 2.39. The van der Waals surface area contributed by atoms with E-state index in [1.807, 2.05) is 12.2 Å². The first-order valence-electron chi connectivity index (χ1n) is 12.2. The van der Waals surface area contributed by atoms with Crippen LogP contribution < -0.4 is 19.3 Å². The molecule has 0 unspecified atom stereocenters. The number of benzene rings is 2. The molecule has 182 valence electrons. The van der Waals surface area contributed by atoms with Gasteiger partial charge in [-0.1, -0.05) is 36.4 Å². The lowest BCUT2D eigenvalue weighted by Crippen LogP contribution is -2.63. The predicted octanol–water partition coefficient (Wildman–Crippen LogP) is 2.68. The van der Waals surface area contributed by atoms with Crippen molar-refractivity contribution in [2.75, 3.05) is 24.0 Å². The summed E-state index contributed by atoms with van der Waals surface area (Å²) in [6, 6.07) is 14.0. The van der Waals surface area contributed by atoms with Crippen molar-refractivity contribution in [2.45, 2.75) is 0 Å². The summed E-state index contributed by atoms with van der Waals surface area (Å²) in [7, 11) is 3.02. The molecule has 2 aromatic rings. The molecule has 4 aliphatic carbocycles. The molecular formula is C28H24N2O6. The topological polar surface area (TPSA) is 93.2 Å². The van der Waals surface area contributed by atoms with E-state index in [9.17, 15) is 19.2 Å². The van der Waals surface area contributed by atoms with E-state index in [1.165, 1.54) is 24.0 Å². The molecule has 0 spiro atoms. The maximum Gasteiger partial charge on any atom is 0.238 e. The Balaban J connectivity index is 1.26. The van der Waals surface area contributed by atoms with Gasteiger partial charge in [0, 0.05) is 0 Å². The van der Waals surface area contributed by atoms with Crippen LogP contribution >= 0.6 is 0 Å². The molecule has 2 saturated heterocycles. The number of nitrogens with zero attached hydrogens (tertiary/aromatic N) is 2. The van der Waals surface area contributed by atoms with Gasteiger partial charge in [-0.2, -0.15) is 0 Å². The molecule has 2 heterocycles. The zero-order valence-corrected chi connectivity index (χ0v) is 19.7. The number of hydrogen-bond acceptors (Lipinski definition) is 6. The van der Waals surface area contributed by atoms with Crippen LogP contribution in [0.2, 0.25) is 0 Å². The number of allylic oxidation sites excluding steroid dienone is 2. The standard InChI is InChI=1S/C28H24N2O6/c1-35-17-9-5-3-7-15(17)29-25(31)21-13-11-12-14(22(21)26(29)32)20-19(13)23-24(20)28(34)30(27(23)33)16-8-4-6-10-18(16)36-2/h3-14,19-24H,1-2H3/t13-,14-,19-,20-,21-,22+,23-,24+/m0/s1. The third-order valence-corrected chi connectivity index (χ3v) is 9.00. The Labute approximate surface area is 207 Å². The average molecular weight is 485 g/mol. The Morgan fingerprint density at radius 3 is 1.31 bits per heavy atom. The SMILES string of the molecule is COc1ccccc1N1C(=O)[C@@H]2[C@H]3C=C[C@H]([C@@H]2C1=O)[C@@H]1[C@@H]2C(=O)N(c4ccccc4OC)C(=O)[C@@H]2[C@@H]31. The molecule has 4 amide bonds. The molecule has 8 rings (SSSR count). The molecule has 2 saturated carbocycles. The maximum atomic E-state index is 13.7. The minimum Gasteiger partial charge on any atom is -0.495 e. The fourth-order valence-electron chi connectivity index (χ4n) is 7.70. The summed E-state index contributed by atoms with van der Waals surface area (Å²) in [5, 5.41) is 0. The highest BCUT2D eigenvalue weighted by molar-refractivity contribution is 6.25. The van der Waals surface area contributed by atoms with Crippen LogP contribution in [0.15, 0.2) is 60.7 Å². The number of anilines is 2. The Bertz CT molecular complexity index is 1330. The van der Waals surface area contributed by atoms with Gasteiger partial charge in [-0.05, 0) is 47.9 Å². The number of hydrogen-bond donors (Lipinski definition) is 0. The van der Waals surface area contributed by atoms with Crippen LogP contribution in [0.1, 0.15) is 0 Å². The number of carbonyl (C=O) groups excluding carboxylic acids is 4. The molecule has 8 heteroatoms. The number of amides is 4. The quantitative estimate of drug-likeness (QED) is 0.489. The first-order valence-corrected chi connectivity index (χ1v) is 12.2. The van der Waals surface area contributed by atoms with Crippen LogP contribution in [0, 0.1) is 47.3 Å². The number of fused-ring (bicyclic) bond motifs is 1. The van der Waals surface area contributed by atoms with E-state index in [4.69, 9.17) is 9.47 Å². The minimum absolute atomic E-state index is 0.142. The summed E-state index contributed by atoms with van der Waals surface area (Å²) in [5.41, 5.74) is 0.877. The van der Waals surface area contributed by atoms with E-state index in [2.05, 4.69) is 0 Å². The van der Waals surface area contributed by atoms with Crippen molar-refractivity contribution >= 4 is 35.0 Å². The molecule has 2 aliphatic heterocycles. The fraction of sp³-hybridized carbons (Fsp3) is 0.357. The smallest absolute Gasteiger partial charge is 0.238 e. The van der Waals surface area contributed by atoms with E-state index < -0.39 is 23.7 Å². The van der Waals surface area contributed by atoms with E-state index in [1.54, 1.807) is 48.5 Å². The molecule has 0 radical (unpaired) electrons. The number of carbonyl (C=O) groups is 4. The lowest BCUT2D eigenvalue weighted by Gasteiger charge is -2.60. The normalized spacial score (nSPS) is 35.5. The van der Waals surface area contributed by atoms with E-state index in [0.29, 0.717) is 22.9 Å². The van der Waals surface area contributed by atoms with Crippen LogP contribution in [0.3, 0.4) is 0 Å². The second kappa shape index (κ2) is 7.29. The molecule has 6 aliphatic rings. The van der Waals surface area contributed by atoms with Gasteiger partial charge in [0.2, 0.25) is 23.6 Å². The van der Waals surface area contributed by atoms with Crippen molar-refractivity contribution < 1.29 is 28.7 Å². The largest absolute Gasteiger partial charge is 0.495 e. The molecule has 4 fully saturated rings. The molecule has 8 nitrogen and oxygen atoms in total. The summed E-state index contributed by atoms with van der Waals surface area (Å²) < 4.78 is 10.8. The monoisotopic (exact) mass is 484 g/mol. The summed E-state index contributed by atoms with van der Waals surface area (Å²) in [4.78, 5) is 57.2. The van der Waals surface area contributed by atoms with E-state index in [0.717, 1.165) is 0 Å². The Hall–Kier alpha value is -3.94. The van der Waals surface area contributed by atoms with Crippen LogP contribution in [0.25, 0.3) is 0 Å². The third-order valence-electron chi connectivity index (χ3n) is 9.00. The van der Waals surface area contributed by atoms with Crippen LogP contribution in [-0.2, 0) is 19.2 Å². The number of ether oxygens (including phenoxy) is 2. The maximum absolute atomic E-state index is 13.7. The first-order chi connectivity index (χ1) is 17.5. The Morgan fingerprint density at radius 2 is 0.917 bits per heavy atom. The first kappa shape index (κ1) is 21.4. The van der Waals surface area contributed by atoms with Crippen LogP contribution in [0.5, 0.6) is 11.5 Å². The van der Waals surface area contributed by atoms with Gasteiger partial charge in [0.25, 0.3) is 0 Å². The van der Waals surface area contributed by atoms with Crippen molar-refractivity contribution in [1.29, 1.82) is 0 Å². The van der Waals surface area contributed by atoms with Gasteiger partial charge >= 0.3 is 0 Å². The lowest BCUT2D eigenvalue weighted by molar-refractivity contribution is -0.166. The second-order valence-electron chi connectivity index (χ2n) is 10.2. The highest BCUT2D eigenvalue weighted by atomic mass is 16.5. The van der Waals surface area contributed by atoms with Gasteiger partial charge < -0.3 is 9.47 Å². The summed E-state index contributed by atoms with van der Waals surface area (Å²) in [5.74, 6) is -2.97. The molecule has 36 heavy (non-hydrogen) atoms. The fourth-order valence-corrected chi connectivity index (χ4v) is 7.70. The molecule has 0 aromatic heterocycles. The summed E-state index contributed by atoms with van der Waals surface area (Å²) in [6.07, 6.45) is 4.01. The lowest BCUT2D eigenvalue weighted by atomic mass is 9.40. The van der Waals surface area contributed by atoms with Gasteiger partial charge in [0.15, 0.2) is 0 Å². The number of imide groups is 2. The van der Waals surface area contributed by atoms with Gasteiger partial charge in [-0.3, -0.25) is 19.2 Å². The van der Waals surface area contributed by atoms with E-state index in [-0.39, 0.29) is 47.3 Å². The molecule has 0 N–H and O–H groups in total. The Morgan fingerprint density at radius 1 is 0.556 bits per heavy atom. The number of methoxy groups -OCH3 is 2. The Kier molecular flexibility index (Phi) is 4.32. The van der Waals surface area contributed by atoms with Crippen molar-refractivity contribution in [1.82, 2.24) is 0 Å². The summed E-state index contributed by atoms with van der Waals surface area (Å²) >= 11 is 0. The van der Waals surface area contributed by atoms with Crippen LogP contribution in [-0.4, -0.2) is 37.8 Å². The summed E-state index contributed by atoms with van der Waals surface area (Å²) in [6.45, 7) is 0. The van der Waals surface area contributed by atoms with Gasteiger partial charge in [0.1, 0.15) is 11.5 Å². The van der Waals surface area contributed by atoms with Gasteiger partial charge in [-0.25, -0.2) is 9.80 Å². The van der Waals surface area contributed by atoms with Crippen molar-refractivity contribution in [3.05, 3.63) is 60.7 Å². The molecule has 2 bridgehead atoms. The van der Waals surface area contributed by atoms with Gasteiger partial charge in [-0.15, -0.1) is 0 Å². The van der Waals surface area contributed by atoms with E-state index >= 15 is 0 Å².